The number of carbonyl (C=O) groups is 3. The van der Waals surface area contributed by atoms with Crippen LogP contribution < -0.4 is 15.4 Å². The van der Waals surface area contributed by atoms with Crippen molar-refractivity contribution in [2.24, 2.45) is 0 Å². The topological polar surface area (TPSA) is 84.5 Å². The first kappa shape index (κ1) is 19.1. The van der Waals surface area contributed by atoms with E-state index in [0.717, 1.165) is 0 Å². The maximum absolute atomic E-state index is 13.5. The fourth-order valence-electron chi connectivity index (χ4n) is 2.22. The SMILES string of the molecule is CC(=O)Oc1cccc(C(=O)NCCNC(=O)Cc2ccccc2F)c1. The van der Waals surface area contributed by atoms with Crippen LogP contribution in [-0.2, 0) is 16.0 Å². The first-order valence-corrected chi connectivity index (χ1v) is 8.02. The number of benzene rings is 2. The number of hydrogen-bond donors (Lipinski definition) is 2. The molecule has 2 N–H and O–H groups in total. The molecule has 0 heterocycles. The van der Waals surface area contributed by atoms with Gasteiger partial charge in [0.2, 0.25) is 5.91 Å². The molecule has 0 fully saturated rings. The Balaban J connectivity index is 1.75. The van der Waals surface area contributed by atoms with Crippen LogP contribution in [0.3, 0.4) is 0 Å². The normalized spacial score (nSPS) is 10.1. The van der Waals surface area contributed by atoms with Gasteiger partial charge in [0.05, 0.1) is 6.42 Å². The zero-order valence-corrected chi connectivity index (χ0v) is 14.3. The molecule has 26 heavy (non-hydrogen) atoms. The molecule has 2 aromatic carbocycles. The third kappa shape index (κ3) is 6.01. The van der Waals surface area contributed by atoms with Crippen molar-refractivity contribution in [3.05, 3.63) is 65.5 Å². The summed E-state index contributed by atoms with van der Waals surface area (Å²) in [5.74, 6) is -1.31. The second-order valence-electron chi connectivity index (χ2n) is 5.50. The summed E-state index contributed by atoms with van der Waals surface area (Å²) in [6, 6.07) is 12.3. The van der Waals surface area contributed by atoms with Crippen LogP contribution in [0.5, 0.6) is 5.75 Å². The van der Waals surface area contributed by atoms with Crippen molar-refractivity contribution < 1.29 is 23.5 Å². The Kier molecular flexibility index (Phi) is 6.84. The number of rotatable bonds is 7. The van der Waals surface area contributed by atoms with Gasteiger partial charge in [0, 0.05) is 25.6 Å². The Labute approximate surface area is 150 Å². The van der Waals surface area contributed by atoms with E-state index >= 15 is 0 Å². The Morgan fingerprint density at radius 3 is 2.46 bits per heavy atom. The molecule has 0 aliphatic carbocycles. The van der Waals surface area contributed by atoms with E-state index < -0.39 is 11.8 Å². The van der Waals surface area contributed by atoms with E-state index in [1.165, 1.54) is 19.1 Å². The van der Waals surface area contributed by atoms with Crippen LogP contribution in [0.2, 0.25) is 0 Å². The Bertz CT molecular complexity index is 808. The van der Waals surface area contributed by atoms with E-state index in [1.54, 1.807) is 36.4 Å². The average molecular weight is 358 g/mol. The predicted molar refractivity (Wildman–Crippen MR) is 93.2 cm³/mol. The maximum Gasteiger partial charge on any atom is 0.308 e. The predicted octanol–water partition coefficient (Wildman–Crippen LogP) is 1.84. The minimum Gasteiger partial charge on any atom is -0.427 e. The number of hydrogen-bond acceptors (Lipinski definition) is 4. The number of nitrogens with one attached hydrogen (secondary N) is 2. The van der Waals surface area contributed by atoms with Crippen LogP contribution in [0.15, 0.2) is 48.5 Å². The molecule has 2 aromatic rings. The molecule has 0 saturated carbocycles. The van der Waals surface area contributed by atoms with Gasteiger partial charge in [0.25, 0.3) is 5.91 Å². The molecule has 2 amide bonds. The minimum absolute atomic E-state index is 0.0644. The number of ether oxygens (including phenoxy) is 1. The first-order chi connectivity index (χ1) is 12.5. The van der Waals surface area contributed by atoms with Gasteiger partial charge >= 0.3 is 5.97 Å². The minimum atomic E-state index is -0.472. The van der Waals surface area contributed by atoms with Crippen LogP contribution in [0.1, 0.15) is 22.8 Å². The number of halogens is 1. The van der Waals surface area contributed by atoms with Crippen molar-refractivity contribution >= 4 is 17.8 Å². The lowest BCUT2D eigenvalue weighted by Gasteiger charge is -2.08. The summed E-state index contributed by atoms with van der Waals surface area (Å²) in [5, 5.41) is 5.25. The molecule has 2 rings (SSSR count). The number of carbonyl (C=O) groups excluding carboxylic acids is 3. The van der Waals surface area contributed by atoms with Crippen LogP contribution in [0, 0.1) is 5.82 Å². The summed E-state index contributed by atoms with van der Waals surface area (Å²) in [7, 11) is 0. The summed E-state index contributed by atoms with van der Waals surface area (Å²) in [6.45, 7) is 1.69. The van der Waals surface area contributed by atoms with E-state index in [-0.39, 0.29) is 37.1 Å². The number of amides is 2. The van der Waals surface area contributed by atoms with Gasteiger partial charge in [-0.15, -0.1) is 0 Å². The van der Waals surface area contributed by atoms with Gasteiger partial charge in [0.15, 0.2) is 0 Å². The highest BCUT2D eigenvalue weighted by Gasteiger charge is 2.09. The number of esters is 1. The van der Waals surface area contributed by atoms with E-state index in [9.17, 15) is 18.8 Å². The van der Waals surface area contributed by atoms with Gasteiger partial charge in [-0.05, 0) is 29.8 Å². The maximum atomic E-state index is 13.5. The van der Waals surface area contributed by atoms with Crippen LogP contribution >= 0.6 is 0 Å². The molecule has 0 saturated heterocycles. The van der Waals surface area contributed by atoms with Gasteiger partial charge in [0.1, 0.15) is 11.6 Å². The summed E-state index contributed by atoms with van der Waals surface area (Å²) in [4.78, 5) is 34.8. The first-order valence-electron chi connectivity index (χ1n) is 8.02. The molecule has 136 valence electrons. The van der Waals surface area contributed by atoms with Gasteiger partial charge in [-0.1, -0.05) is 24.3 Å². The van der Waals surface area contributed by atoms with Crippen molar-refractivity contribution in [1.82, 2.24) is 10.6 Å². The Hall–Kier alpha value is -3.22. The zero-order chi connectivity index (χ0) is 18.9. The fourth-order valence-corrected chi connectivity index (χ4v) is 2.22. The molecule has 0 aliphatic heterocycles. The van der Waals surface area contributed by atoms with Gasteiger partial charge in [-0.3, -0.25) is 14.4 Å². The summed E-state index contributed by atoms with van der Waals surface area (Å²) in [6.07, 6.45) is -0.0644. The van der Waals surface area contributed by atoms with E-state index in [4.69, 9.17) is 4.74 Å². The van der Waals surface area contributed by atoms with Gasteiger partial charge in [-0.25, -0.2) is 4.39 Å². The molecular formula is C19H19FN2O4. The Morgan fingerprint density at radius 2 is 1.73 bits per heavy atom. The molecule has 0 spiro atoms. The molecule has 0 aromatic heterocycles. The van der Waals surface area contributed by atoms with Crippen molar-refractivity contribution in [2.75, 3.05) is 13.1 Å². The standard InChI is InChI=1S/C19H19FN2O4/c1-13(23)26-16-7-4-6-15(11-16)19(25)22-10-9-21-18(24)12-14-5-2-3-8-17(14)20/h2-8,11H,9-10,12H2,1H3,(H,21,24)(H,22,25). The van der Waals surface area contributed by atoms with Gasteiger partial charge < -0.3 is 15.4 Å². The van der Waals surface area contributed by atoms with E-state index in [2.05, 4.69) is 10.6 Å². The monoisotopic (exact) mass is 358 g/mol. The lowest BCUT2D eigenvalue weighted by molar-refractivity contribution is -0.131. The third-order valence-electron chi connectivity index (χ3n) is 3.40. The average Bonchev–Trinajstić information content (AvgIpc) is 2.60. The molecule has 0 atom stereocenters. The highest BCUT2D eigenvalue weighted by molar-refractivity contribution is 5.94. The van der Waals surface area contributed by atoms with Crippen LogP contribution in [-0.4, -0.2) is 30.9 Å². The highest BCUT2D eigenvalue weighted by Crippen LogP contribution is 2.13. The second-order valence-corrected chi connectivity index (χ2v) is 5.50. The van der Waals surface area contributed by atoms with Crippen LogP contribution in [0.25, 0.3) is 0 Å². The molecule has 0 bridgehead atoms. The summed E-state index contributed by atoms with van der Waals surface area (Å²) >= 11 is 0. The molecular weight excluding hydrogens is 339 g/mol. The molecule has 7 heteroatoms. The van der Waals surface area contributed by atoms with Crippen molar-refractivity contribution in [1.29, 1.82) is 0 Å². The molecule has 6 nitrogen and oxygen atoms in total. The van der Waals surface area contributed by atoms with E-state index in [0.29, 0.717) is 11.1 Å². The summed E-state index contributed by atoms with van der Waals surface area (Å²) < 4.78 is 18.4. The lowest BCUT2D eigenvalue weighted by atomic mass is 10.1. The van der Waals surface area contributed by atoms with E-state index in [1.807, 2.05) is 0 Å². The second kappa shape index (κ2) is 9.31. The van der Waals surface area contributed by atoms with Gasteiger partial charge in [-0.2, -0.15) is 0 Å². The highest BCUT2D eigenvalue weighted by atomic mass is 19.1. The van der Waals surface area contributed by atoms with Crippen molar-refractivity contribution in [3.63, 3.8) is 0 Å². The molecule has 0 radical (unpaired) electrons. The smallest absolute Gasteiger partial charge is 0.308 e. The van der Waals surface area contributed by atoms with Crippen LogP contribution in [0.4, 0.5) is 4.39 Å². The summed E-state index contributed by atoms with van der Waals surface area (Å²) in [5.41, 5.74) is 0.651. The lowest BCUT2D eigenvalue weighted by Crippen LogP contribution is -2.35. The Morgan fingerprint density at radius 1 is 1.00 bits per heavy atom. The molecule has 0 aliphatic rings. The van der Waals surface area contributed by atoms with Crippen molar-refractivity contribution in [2.45, 2.75) is 13.3 Å². The largest absolute Gasteiger partial charge is 0.427 e. The van der Waals surface area contributed by atoms with Crippen molar-refractivity contribution in [3.8, 4) is 5.75 Å². The molecule has 0 unspecified atom stereocenters. The fraction of sp³-hybridized carbons (Fsp3) is 0.211. The zero-order valence-electron chi connectivity index (χ0n) is 14.3. The quantitative estimate of drug-likeness (QED) is 0.449. The third-order valence-corrected chi connectivity index (χ3v) is 3.40.